The molecule has 0 amide bonds. The number of ether oxygens (including phenoxy) is 3. The molecule has 0 saturated carbocycles. The first-order chi connectivity index (χ1) is 8.33. The monoisotopic (exact) mass is 234 g/mol. The number of nitrogens with zero attached hydrogens (tertiary/aromatic N) is 1. The van der Waals surface area contributed by atoms with Gasteiger partial charge in [-0.2, -0.15) is 0 Å². The molecular weight excluding hydrogens is 220 g/mol. The summed E-state index contributed by atoms with van der Waals surface area (Å²) in [6.45, 7) is 1.87. The number of benzene rings is 1. The van der Waals surface area contributed by atoms with E-state index < -0.39 is 0 Å². The minimum absolute atomic E-state index is 0.0350. The van der Waals surface area contributed by atoms with Crippen LogP contribution in [0.15, 0.2) is 23.2 Å². The molecule has 3 rings (SSSR count). The fourth-order valence-corrected chi connectivity index (χ4v) is 1.95. The molecule has 0 radical (unpaired) electrons. The zero-order valence-corrected chi connectivity index (χ0v) is 9.39. The molecule has 0 spiro atoms. The minimum atomic E-state index is -0.0350. The van der Waals surface area contributed by atoms with Crippen molar-refractivity contribution in [2.45, 2.75) is 12.5 Å². The van der Waals surface area contributed by atoms with Crippen molar-refractivity contribution in [1.82, 2.24) is 0 Å². The maximum Gasteiger partial charge on any atom is 0.282 e. The van der Waals surface area contributed by atoms with Gasteiger partial charge < -0.3 is 19.9 Å². The molecule has 0 bridgehead atoms. The van der Waals surface area contributed by atoms with Gasteiger partial charge in [0.2, 0.25) is 0 Å². The van der Waals surface area contributed by atoms with Gasteiger partial charge in [-0.3, -0.25) is 0 Å². The molecule has 17 heavy (non-hydrogen) atoms. The Morgan fingerprint density at radius 1 is 1.12 bits per heavy atom. The van der Waals surface area contributed by atoms with E-state index in [9.17, 15) is 0 Å². The molecule has 1 unspecified atom stereocenters. The highest BCUT2D eigenvalue weighted by molar-refractivity contribution is 5.73. The van der Waals surface area contributed by atoms with Gasteiger partial charge in [0.25, 0.3) is 6.02 Å². The van der Waals surface area contributed by atoms with E-state index >= 15 is 0 Å². The van der Waals surface area contributed by atoms with Gasteiger partial charge in [-0.1, -0.05) is 6.07 Å². The summed E-state index contributed by atoms with van der Waals surface area (Å²) in [5, 5.41) is 0. The molecule has 2 heterocycles. The van der Waals surface area contributed by atoms with Crippen LogP contribution in [0.1, 0.15) is 18.0 Å². The van der Waals surface area contributed by atoms with Crippen LogP contribution in [0.5, 0.6) is 11.5 Å². The Balaban J connectivity index is 1.89. The van der Waals surface area contributed by atoms with Crippen molar-refractivity contribution < 1.29 is 14.2 Å². The molecule has 1 aromatic rings. The molecule has 0 saturated heterocycles. The summed E-state index contributed by atoms with van der Waals surface area (Å²) in [5.41, 5.74) is 6.53. The molecule has 5 heteroatoms. The Morgan fingerprint density at radius 3 is 2.71 bits per heavy atom. The molecule has 90 valence electrons. The molecule has 0 fully saturated rings. The predicted octanol–water partition coefficient (Wildman–Crippen LogP) is 1.23. The van der Waals surface area contributed by atoms with Gasteiger partial charge in [0.1, 0.15) is 12.6 Å². The van der Waals surface area contributed by atoms with Crippen molar-refractivity contribution in [2.75, 3.05) is 19.8 Å². The molecule has 2 aliphatic rings. The van der Waals surface area contributed by atoms with E-state index in [4.69, 9.17) is 19.9 Å². The van der Waals surface area contributed by atoms with E-state index in [1.54, 1.807) is 0 Å². The second-order valence-corrected chi connectivity index (χ2v) is 4.05. The summed E-state index contributed by atoms with van der Waals surface area (Å²) >= 11 is 0. The lowest BCUT2D eigenvalue weighted by molar-refractivity contribution is 0.296. The van der Waals surface area contributed by atoms with E-state index in [2.05, 4.69) is 4.99 Å². The third-order valence-corrected chi connectivity index (χ3v) is 2.83. The quantitative estimate of drug-likeness (QED) is 0.793. The standard InChI is InChI=1S/C12H14N2O3/c13-12-14-9(7-17-12)8-2-3-10-11(6-8)16-5-1-4-15-10/h2-3,6,9H,1,4-5,7H2,(H2,13,14). The number of hydrogen-bond acceptors (Lipinski definition) is 5. The van der Waals surface area contributed by atoms with Crippen molar-refractivity contribution in [3.63, 3.8) is 0 Å². The van der Waals surface area contributed by atoms with Crippen LogP contribution in [0.25, 0.3) is 0 Å². The highest BCUT2D eigenvalue weighted by atomic mass is 16.5. The molecule has 1 atom stereocenters. The highest BCUT2D eigenvalue weighted by Gasteiger charge is 2.21. The molecule has 1 aromatic carbocycles. The summed E-state index contributed by atoms with van der Waals surface area (Å²) in [6, 6.07) is 6.06. The molecule has 2 aliphatic heterocycles. The number of hydrogen-bond donors (Lipinski definition) is 1. The minimum Gasteiger partial charge on any atom is -0.490 e. The number of amidine groups is 1. The van der Waals surface area contributed by atoms with E-state index in [0.29, 0.717) is 19.8 Å². The van der Waals surface area contributed by atoms with E-state index in [-0.39, 0.29) is 12.1 Å². The molecular formula is C12H14N2O3. The third-order valence-electron chi connectivity index (χ3n) is 2.83. The first-order valence-corrected chi connectivity index (χ1v) is 5.68. The Morgan fingerprint density at radius 2 is 1.94 bits per heavy atom. The van der Waals surface area contributed by atoms with Gasteiger partial charge in [-0.15, -0.1) is 0 Å². The number of nitrogens with two attached hydrogens (primary N) is 1. The normalized spacial score (nSPS) is 22.6. The second-order valence-electron chi connectivity index (χ2n) is 4.05. The van der Waals surface area contributed by atoms with Gasteiger partial charge in [0.05, 0.1) is 13.2 Å². The van der Waals surface area contributed by atoms with Crippen LogP contribution in [-0.2, 0) is 4.74 Å². The van der Waals surface area contributed by atoms with E-state index in [1.165, 1.54) is 0 Å². The van der Waals surface area contributed by atoms with Crippen molar-refractivity contribution in [2.24, 2.45) is 10.7 Å². The lowest BCUT2D eigenvalue weighted by atomic mass is 10.1. The zero-order valence-electron chi connectivity index (χ0n) is 9.39. The van der Waals surface area contributed by atoms with Gasteiger partial charge in [0.15, 0.2) is 11.5 Å². The second kappa shape index (κ2) is 4.16. The van der Waals surface area contributed by atoms with Crippen LogP contribution >= 0.6 is 0 Å². The van der Waals surface area contributed by atoms with Crippen LogP contribution < -0.4 is 15.2 Å². The number of fused-ring (bicyclic) bond motifs is 1. The Hall–Kier alpha value is -1.91. The van der Waals surface area contributed by atoms with Crippen LogP contribution in [0.3, 0.4) is 0 Å². The molecule has 2 N–H and O–H groups in total. The molecule has 5 nitrogen and oxygen atoms in total. The summed E-state index contributed by atoms with van der Waals surface area (Å²) in [6.07, 6.45) is 0.904. The average molecular weight is 234 g/mol. The van der Waals surface area contributed by atoms with Crippen molar-refractivity contribution in [3.05, 3.63) is 23.8 Å². The maximum atomic E-state index is 5.63. The van der Waals surface area contributed by atoms with Gasteiger partial charge >= 0.3 is 0 Å². The topological polar surface area (TPSA) is 66.1 Å². The van der Waals surface area contributed by atoms with Crippen molar-refractivity contribution in [3.8, 4) is 11.5 Å². The third kappa shape index (κ3) is 2.00. The van der Waals surface area contributed by atoms with Gasteiger partial charge in [0, 0.05) is 6.42 Å². The van der Waals surface area contributed by atoms with Crippen LogP contribution in [-0.4, -0.2) is 25.8 Å². The summed E-state index contributed by atoms with van der Waals surface area (Å²) in [4.78, 5) is 4.21. The van der Waals surface area contributed by atoms with Crippen molar-refractivity contribution in [1.29, 1.82) is 0 Å². The summed E-state index contributed by atoms with van der Waals surface area (Å²) in [5.74, 6) is 1.57. The van der Waals surface area contributed by atoms with E-state index in [0.717, 1.165) is 23.5 Å². The van der Waals surface area contributed by atoms with E-state index in [1.807, 2.05) is 18.2 Å². The zero-order chi connectivity index (χ0) is 11.7. The summed E-state index contributed by atoms with van der Waals surface area (Å²) in [7, 11) is 0. The Bertz CT molecular complexity index is 459. The van der Waals surface area contributed by atoms with Crippen LogP contribution in [0.2, 0.25) is 0 Å². The van der Waals surface area contributed by atoms with Gasteiger partial charge in [-0.05, 0) is 17.7 Å². The molecule has 0 aromatic heterocycles. The smallest absolute Gasteiger partial charge is 0.282 e. The number of rotatable bonds is 1. The Kier molecular flexibility index (Phi) is 2.51. The number of aliphatic imine (C=N–C) groups is 1. The van der Waals surface area contributed by atoms with Crippen molar-refractivity contribution >= 4 is 6.02 Å². The van der Waals surface area contributed by atoms with Crippen LogP contribution in [0.4, 0.5) is 0 Å². The van der Waals surface area contributed by atoms with Gasteiger partial charge in [-0.25, -0.2) is 4.99 Å². The fraction of sp³-hybridized carbons (Fsp3) is 0.417. The molecule has 0 aliphatic carbocycles. The largest absolute Gasteiger partial charge is 0.490 e. The maximum absolute atomic E-state index is 5.63. The lowest BCUT2D eigenvalue weighted by Crippen LogP contribution is -2.10. The van der Waals surface area contributed by atoms with Crippen LogP contribution in [0, 0.1) is 0 Å². The first kappa shape index (κ1) is 10.3. The SMILES string of the molecule is NC1=NC(c2ccc3c(c2)OCCCO3)CO1. The average Bonchev–Trinajstić information content (AvgIpc) is 2.64. The lowest BCUT2D eigenvalue weighted by Gasteiger charge is -2.11. The highest BCUT2D eigenvalue weighted by Crippen LogP contribution is 2.34. The Labute approximate surface area is 99.2 Å². The summed E-state index contributed by atoms with van der Waals surface area (Å²) < 4.78 is 16.3. The first-order valence-electron chi connectivity index (χ1n) is 5.68. The predicted molar refractivity (Wildman–Crippen MR) is 62.4 cm³/mol. The fourth-order valence-electron chi connectivity index (χ4n) is 1.95.